The minimum Gasteiger partial charge on any atom is -0.481 e. The van der Waals surface area contributed by atoms with Gasteiger partial charge in [0, 0.05) is 23.8 Å². The maximum absolute atomic E-state index is 12.3. The highest BCUT2D eigenvalue weighted by Crippen LogP contribution is 2.16. The number of carbonyl (C=O) groups excluding carboxylic acids is 1. The third kappa shape index (κ3) is 3.98. The lowest BCUT2D eigenvalue weighted by Gasteiger charge is -2.26. The topological polar surface area (TPSA) is 83.6 Å². The summed E-state index contributed by atoms with van der Waals surface area (Å²) < 4.78 is 0. The number of nitrogens with two attached hydrogens (primary N) is 1. The van der Waals surface area contributed by atoms with Crippen LogP contribution in [-0.2, 0) is 4.79 Å². The molecule has 0 radical (unpaired) electrons. The van der Waals surface area contributed by atoms with Crippen molar-refractivity contribution in [2.75, 3.05) is 12.3 Å². The highest BCUT2D eigenvalue weighted by Gasteiger charge is 2.19. The lowest BCUT2D eigenvalue weighted by atomic mass is 10.1. The van der Waals surface area contributed by atoms with Gasteiger partial charge in [-0.05, 0) is 38.5 Å². The molecule has 0 heterocycles. The second-order valence-electron chi connectivity index (χ2n) is 4.81. The average molecular weight is 264 g/mol. The fourth-order valence-electron chi connectivity index (χ4n) is 1.75. The molecule has 0 saturated heterocycles. The molecule has 0 fully saturated rings. The molecule has 0 unspecified atom stereocenters. The fraction of sp³-hybridized carbons (Fsp3) is 0.429. The van der Waals surface area contributed by atoms with E-state index >= 15 is 0 Å². The summed E-state index contributed by atoms with van der Waals surface area (Å²) in [6, 6.07) is 5.07. The van der Waals surface area contributed by atoms with Crippen LogP contribution in [0.15, 0.2) is 18.2 Å². The number of aliphatic carboxylic acids is 1. The van der Waals surface area contributed by atoms with Crippen molar-refractivity contribution in [1.29, 1.82) is 0 Å². The molecule has 1 aromatic rings. The number of carboxylic acids is 1. The summed E-state index contributed by atoms with van der Waals surface area (Å²) in [5.41, 5.74) is 7.76. The second kappa shape index (κ2) is 6.22. The number of rotatable bonds is 5. The van der Waals surface area contributed by atoms with Crippen LogP contribution in [0.2, 0.25) is 0 Å². The Bertz CT molecular complexity index is 484. The monoisotopic (exact) mass is 264 g/mol. The second-order valence-corrected chi connectivity index (χ2v) is 4.81. The van der Waals surface area contributed by atoms with Gasteiger partial charge in [0.25, 0.3) is 5.91 Å². The minimum atomic E-state index is -0.915. The van der Waals surface area contributed by atoms with E-state index in [1.54, 1.807) is 18.2 Å². The molecule has 104 valence electrons. The van der Waals surface area contributed by atoms with Gasteiger partial charge in [-0.3, -0.25) is 9.59 Å². The van der Waals surface area contributed by atoms with Crippen molar-refractivity contribution in [2.24, 2.45) is 0 Å². The van der Waals surface area contributed by atoms with E-state index in [4.69, 9.17) is 10.8 Å². The lowest BCUT2D eigenvalue weighted by molar-refractivity contribution is -0.137. The molecular weight excluding hydrogens is 244 g/mol. The number of aryl methyl sites for hydroxylation is 1. The van der Waals surface area contributed by atoms with Crippen molar-refractivity contribution in [3.8, 4) is 0 Å². The number of nitrogen functional groups attached to an aromatic ring is 1. The van der Waals surface area contributed by atoms with Crippen molar-refractivity contribution in [2.45, 2.75) is 33.2 Å². The molecule has 0 saturated carbocycles. The molecule has 5 nitrogen and oxygen atoms in total. The van der Waals surface area contributed by atoms with E-state index in [0.29, 0.717) is 11.3 Å². The molecule has 3 N–H and O–H groups in total. The van der Waals surface area contributed by atoms with Gasteiger partial charge in [-0.25, -0.2) is 0 Å². The van der Waals surface area contributed by atoms with Crippen molar-refractivity contribution < 1.29 is 14.7 Å². The number of carboxylic acid groups (broad SMARTS) is 1. The van der Waals surface area contributed by atoms with E-state index in [-0.39, 0.29) is 24.9 Å². The molecule has 1 amide bonds. The fourth-order valence-corrected chi connectivity index (χ4v) is 1.75. The molecule has 1 aromatic carbocycles. The van der Waals surface area contributed by atoms with Gasteiger partial charge in [-0.2, -0.15) is 0 Å². The number of benzene rings is 1. The van der Waals surface area contributed by atoms with Crippen molar-refractivity contribution >= 4 is 17.6 Å². The van der Waals surface area contributed by atoms with Gasteiger partial charge < -0.3 is 15.7 Å². The summed E-state index contributed by atoms with van der Waals surface area (Å²) in [5.74, 6) is -1.11. The predicted molar refractivity (Wildman–Crippen MR) is 74.0 cm³/mol. The van der Waals surface area contributed by atoms with Crippen LogP contribution in [0.4, 0.5) is 5.69 Å². The van der Waals surface area contributed by atoms with Gasteiger partial charge in [0.1, 0.15) is 0 Å². The third-order valence-corrected chi connectivity index (χ3v) is 2.98. The molecule has 0 atom stereocenters. The van der Waals surface area contributed by atoms with Crippen LogP contribution in [0.5, 0.6) is 0 Å². The molecule has 19 heavy (non-hydrogen) atoms. The molecule has 0 aliphatic rings. The zero-order chi connectivity index (χ0) is 14.6. The number of amides is 1. The predicted octanol–water partition coefficient (Wildman–Crippen LogP) is 1.90. The van der Waals surface area contributed by atoms with E-state index < -0.39 is 5.97 Å². The third-order valence-electron chi connectivity index (χ3n) is 2.98. The van der Waals surface area contributed by atoms with E-state index in [0.717, 1.165) is 5.56 Å². The normalized spacial score (nSPS) is 10.5. The number of anilines is 1. The van der Waals surface area contributed by atoms with E-state index in [1.165, 1.54) is 4.90 Å². The first kappa shape index (κ1) is 15.0. The van der Waals surface area contributed by atoms with E-state index in [1.807, 2.05) is 20.8 Å². The lowest BCUT2D eigenvalue weighted by Crippen LogP contribution is -2.38. The van der Waals surface area contributed by atoms with Crippen LogP contribution in [-0.4, -0.2) is 34.5 Å². The number of nitrogens with zero attached hydrogens (tertiary/aromatic N) is 1. The first-order valence-electron chi connectivity index (χ1n) is 6.21. The summed E-state index contributed by atoms with van der Waals surface area (Å²) in [4.78, 5) is 24.5. The summed E-state index contributed by atoms with van der Waals surface area (Å²) in [6.07, 6.45) is -0.0642. The van der Waals surface area contributed by atoms with Crippen molar-refractivity contribution in [1.82, 2.24) is 4.90 Å². The Kier molecular flexibility index (Phi) is 4.92. The molecule has 0 bridgehead atoms. The number of carbonyl (C=O) groups is 2. The van der Waals surface area contributed by atoms with Crippen LogP contribution in [0.3, 0.4) is 0 Å². The smallest absolute Gasteiger partial charge is 0.305 e. The molecule has 5 heteroatoms. The SMILES string of the molecule is Cc1ccc(C(=O)N(CCC(=O)O)C(C)C)cc1N. The Morgan fingerprint density at radius 2 is 2.00 bits per heavy atom. The highest BCUT2D eigenvalue weighted by molar-refractivity contribution is 5.95. The summed E-state index contributed by atoms with van der Waals surface area (Å²) >= 11 is 0. The first-order valence-corrected chi connectivity index (χ1v) is 6.21. The molecule has 0 spiro atoms. The zero-order valence-electron chi connectivity index (χ0n) is 11.5. The van der Waals surface area contributed by atoms with Crippen LogP contribution in [0, 0.1) is 6.92 Å². The first-order chi connectivity index (χ1) is 8.82. The summed E-state index contributed by atoms with van der Waals surface area (Å²) in [7, 11) is 0. The number of hydrogen-bond acceptors (Lipinski definition) is 3. The Hall–Kier alpha value is -2.04. The van der Waals surface area contributed by atoms with Crippen LogP contribution in [0.1, 0.15) is 36.2 Å². The van der Waals surface area contributed by atoms with E-state index in [9.17, 15) is 9.59 Å². The Labute approximate surface area is 113 Å². The molecule has 0 aromatic heterocycles. The van der Waals surface area contributed by atoms with Gasteiger partial charge in [0.05, 0.1) is 6.42 Å². The molecule has 0 aliphatic heterocycles. The van der Waals surface area contributed by atoms with Crippen LogP contribution < -0.4 is 5.73 Å². The van der Waals surface area contributed by atoms with Crippen molar-refractivity contribution in [3.63, 3.8) is 0 Å². The maximum atomic E-state index is 12.3. The van der Waals surface area contributed by atoms with Gasteiger partial charge in [-0.1, -0.05) is 6.07 Å². The van der Waals surface area contributed by atoms with Crippen LogP contribution in [0.25, 0.3) is 0 Å². The Morgan fingerprint density at radius 1 is 1.37 bits per heavy atom. The summed E-state index contributed by atoms with van der Waals surface area (Å²) in [5, 5.41) is 8.72. The molecule has 1 rings (SSSR count). The maximum Gasteiger partial charge on any atom is 0.305 e. The average Bonchev–Trinajstić information content (AvgIpc) is 2.31. The van der Waals surface area contributed by atoms with Gasteiger partial charge in [0.15, 0.2) is 0 Å². The van der Waals surface area contributed by atoms with Crippen molar-refractivity contribution in [3.05, 3.63) is 29.3 Å². The summed E-state index contributed by atoms with van der Waals surface area (Å²) in [6.45, 7) is 5.78. The number of hydrogen-bond donors (Lipinski definition) is 2. The highest BCUT2D eigenvalue weighted by atomic mass is 16.4. The Morgan fingerprint density at radius 3 is 2.47 bits per heavy atom. The Balaban J connectivity index is 2.92. The zero-order valence-corrected chi connectivity index (χ0v) is 11.5. The van der Waals surface area contributed by atoms with Gasteiger partial charge in [-0.15, -0.1) is 0 Å². The van der Waals surface area contributed by atoms with Gasteiger partial charge in [0.2, 0.25) is 0 Å². The largest absolute Gasteiger partial charge is 0.481 e. The van der Waals surface area contributed by atoms with Crippen LogP contribution >= 0.6 is 0 Å². The molecular formula is C14H20N2O3. The molecule has 0 aliphatic carbocycles. The standard InChI is InChI=1S/C14H20N2O3/c1-9(2)16(7-6-13(17)18)14(19)11-5-4-10(3)12(15)8-11/h4-5,8-9H,6-7,15H2,1-3H3,(H,17,18). The minimum absolute atomic E-state index is 0.0608. The quantitative estimate of drug-likeness (QED) is 0.796. The van der Waals surface area contributed by atoms with Gasteiger partial charge >= 0.3 is 5.97 Å². The van der Waals surface area contributed by atoms with E-state index in [2.05, 4.69) is 0 Å².